The Kier molecular flexibility index (Phi) is 12.3. The van der Waals surface area contributed by atoms with Gasteiger partial charge in [0, 0.05) is 27.9 Å². The number of thioether (sulfide) groups is 1. The predicted molar refractivity (Wildman–Crippen MR) is 237 cm³/mol. The second-order valence-electron chi connectivity index (χ2n) is 12.5. The molecule has 0 bridgehead atoms. The molecule has 260 valence electrons. The molecular formula is C50H43NS2. The van der Waals surface area contributed by atoms with Crippen molar-refractivity contribution >= 4 is 41.3 Å². The van der Waals surface area contributed by atoms with E-state index in [9.17, 15) is 0 Å². The fraction of sp³-hybridized carbons (Fsp3) is 0.0400. The molecule has 1 atom stereocenters. The molecule has 0 saturated heterocycles. The van der Waals surface area contributed by atoms with Crippen LogP contribution in [0.4, 0.5) is 11.4 Å². The van der Waals surface area contributed by atoms with Gasteiger partial charge in [-0.3, -0.25) is 0 Å². The van der Waals surface area contributed by atoms with Crippen molar-refractivity contribution in [1.29, 1.82) is 0 Å². The summed E-state index contributed by atoms with van der Waals surface area (Å²) in [5.74, 6) is 0. The van der Waals surface area contributed by atoms with E-state index in [1.807, 2.05) is 36.4 Å². The molecule has 0 aromatic heterocycles. The summed E-state index contributed by atoms with van der Waals surface area (Å²) in [5.41, 5.74) is 11.2. The first kappa shape index (κ1) is 37.0. The van der Waals surface area contributed by atoms with E-state index in [0.29, 0.717) is 0 Å². The zero-order valence-electron chi connectivity index (χ0n) is 30.0. The van der Waals surface area contributed by atoms with E-state index in [-0.39, 0.29) is 0 Å². The van der Waals surface area contributed by atoms with E-state index in [0.717, 1.165) is 55.9 Å². The predicted octanol–water partition coefficient (Wildman–Crippen LogP) is 14.1. The normalized spacial score (nSPS) is 15.4. The van der Waals surface area contributed by atoms with Crippen molar-refractivity contribution in [3.8, 4) is 22.3 Å². The van der Waals surface area contributed by atoms with E-state index < -0.39 is 5.41 Å². The van der Waals surface area contributed by atoms with Gasteiger partial charge in [-0.15, -0.1) is 11.8 Å². The lowest BCUT2D eigenvalue weighted by atomic mass is 9.66. The third kappa shape index (κ3) is 7.88. The minimum atomic E-state index is -0.751. The molecule has 0 fully saturated rings. The van der Waals surface area contributed by atoms with Gasteiger partial charge < -0.3 is 4.90 Å². The average molecular weight is 722 g/mol. The first-order valence-corrected chi connectivity index (χ1v) is 19.3. The quantitative estimate of drug-likeness (QED) is 0.0776. The molecule has 1 heterocycles. The Morgan fingerprint density at radius 1 is 0.698 bits per heavy atom. The van der Waals surface area contributed by atoms with Crippen molar-refractivity contribution in [2.24, 2.45) is 0 Å². The lowest BCUT2D eigenvalue weighted by Crippen LogP contribution is -2.29. The van der Waals surface area contributed by atoms with Crippen molar-refractivity contribution in [2.45, 2.75) is 10.3 Å². The van der Waals surface area contributed by atoms with Crippen LogP contribution in [0, 0.1) is 0 Å². The molecule has 5 aromatic carbocycles. The van der Waals surface area contributed by atoms with Gasteiger partial charge in [0.2, 0.25) is 0 Å². The Labute approximate surface area is 325 Å². The van der Waals surface area contributed by atoms with Crippen LogP contribution in [-0.2, 0) is 5.41 Å². The molecule has 0 amide bonds. The maximum Gasteiger partial charge on any atom is 0.0646 e. The number of thiol groups is 1. The molecule has 53 heavy (non-hydrogen) atoms. The highest BCUT2D eigenvalue weighted by Gasteiger charge is 2.38. The molecule has 1 unspecified atom stereocenters. The van der Waals surface area contributed by atoms with Crippen molar-refractivity contribution in [3.63, 3.8) is 0 Å². The minimum absolute atomic E-state index is 0.751. The molecule has 0 N–H and O–H groups in total. The Hall–Kier alpha value is -5.74. The SMILES string of the molecule is C=C/C=C\C=C/C(C(=C)/C=C\C=C/S)(c1ccc(-c2cccc3c2N(c2ccccc2)/C=C\C=C/C3=C)cc1)c1c(SC)cccc1-c1ccccc1. The summed E-state index contributed by atoms with van der Waals surface area (Å²) < 4.78 is 0. The van der Waals surface area contributed by atoms with Crippen LogP contribution >= 0.6 is 24.4 Å². The Balaban J connectivity index is 1.62. The third-order valence-corrected chi connectivity index (χ3v) is 10.3. The number of benzene rings is 5. The summed E-state index contributed by atoms with van der Waals surface area (Å²) in [5, 5.41) is 1.73. The topological polar surface area (TPSA) is 3.24 Å². The summed E-state index contributed by atoms with van der Waals surface area (Å²) >= 11 is 6.07. The average Bonchev–Trinajstić information content (AvgIpc) is 3.20. The van der Waals surface area contributed by atoms with Gasteiger partial charge in [-0.25, -0.2) is 0 Å². The van der Waals surface area contributed by atoms with E-state index >= 15 is 0 Å². The van der Waals surface area contributed by atoms with Crippen LogP contribution in [0.1, 0.15) is 16.7 Å². The van der Waals surface area contributed by atoms with Crippen molar-refractivity contribution in [2.75, 3.05) is 11.2 Å². The van der Waals surface area contributed by atoms with Gasteiger partial charge in [-0.2, -0.15) is 12.6 Å². The molecular weight excluding hydrogens is 679 g/mol. The summed E-state index contributed by atoms with van der Waals surface area (Å²) in [7, 11) is 0. The number of hydrogen-bond acceptors (Lipinski definition) is 3. The zero-order valence-corrected chi connectivity index (χ0v) is 31.7. The highest BCUT2D eigenvalue weighted by molar-refractivity contribution is 7.98. The monoisotopic (exact) mass is 721 g/mol. The summed E-state index contributed by atoms with van der Waals surface area (Å²) in [4.78, 5) is 3.43. The van der Waals surface area contributed by atoms with Gasteiger partial charge in [0.25, 0.3) is 0 Å². The van der Waals surface area contributed by atoms with Gasteiger partial charge in [0.1, 0.15) is 0 Å². The van der Waals surface area contributed by atoms with Crippen LogP contribution in [0.15, 0.2) is 230 Å². The first-order chi connectivity index (χ1) is 26.0. The Morgan fingerprint density at radius 2 is 1.38 bits per heavy atom. The fourth-order valence-electron chi connectivity index (χ4n) is 6.92. The molecule has 1 aliphatic heterocycles. The van der Waals surface area contributed by atoms with Gasteiger partial charge in [0.05, 0.1) is 11.1 Å². The number of allylic oxidation sites excluding steroid dienone is 13. The van der Waals surface area contributed by atoms with Crippen molar-refractivity contribution in [3.05, 3.63) is 242 Å². The molecule has 0 aliphatic carbocycles. The van der Waals surface area contributed by atoms with E-state index in [4.69, 9.17) is 6.58 Å². The van der Waals surface area contributed by atoms with Crippen LogP contribution in [0.2, 0.25) is 0 Å². The highest BCUT2D eigenvalue weighted by atomic mass is 32.2. The summed E-state index contributed by atoms with van der Waals surface area (Å²) in [6.07, 6.45) is 26.6. The van der Waals surface area contributed by atoms with Gasteiger partial charge in [0.15, 0.2) is 0 Å². The molecule has 6 rings (SSSR count). The molecule has 0 spiro atoms. The number of hydrogen-bond donors (Lipinski definition) is 1. The lowest BCUT2D eigenvalue weighted by Gasteiger charge is -2.37. The molecule has 5 aromatic rings. The standard InChI is InChI=1S/C50H43NS2/c1-5-6-7-16-35-50(39(3)22-15-18-37-52,48-45(28-20-30-47(48)53-4)40-23-10-8-11-24-40)42-33-31-41(32-34-42)46-29-19-27-44-38(2)21-14-17-36-51(49(44)46)43-25-12-9-13-26-43/h5-37,52H,1-3H2,4H3/b7-6-,21-14-,22-15-,35-16-,36-17-,37-18-. The van der Waals surface area contributed by atoms with Gasteiger partial charge >= 0.3 is 0 Å². The number of rotatable bonds is 12. The highest BCUT2D eigenvalue weighted by Crippen LogP contribution is 2.50. The first-order valence-electron chi connectivity index (χ1n) is 17.5. The Morgan fingerprint density at radius 3 is 2.09 bits per heavy atom. The number of para-hydroxylation sites is 2. The fourth-order valence-corrected chi connectivity index (χ4v) is 7.71. The molecule has 1 aliphatic rings. The second kappa shape index (κ2) is 17.7. The molecule has 0 saturated carbocycles. The van der Waals surface area contributed by atoms with Crippen LogP contribution in [0.3, 0.4) is 0 Å². The zero-order chi connectivity index (χ0) is 37.0. The third-order valence-electron chi connectivity index (χ3n) is 9.38. The molecule has 0 radical (unpaired) electrons. The van der Waals surface area contributed by atoms with Crippen LogP contribution in [-0.4, -0.2) is 6.26 Å². The van der Waals surface area contributed by atoms with Gasteiger partial charge in [-0.05, 0) is 74.9 Å². The van der Waals surface area contributed by atoms with Gasteiger partial charge in [-0.1, -0.05) is 184 Å². The van der Waals surface area contributed by atoms with Crippen LogP contribution in [0.5, 0.6) is 0 Å². The van der Waals surface area contributed by atoms with E-state index in [1.165, 1.54) is 10.5 Å². The minimum Gasteiger partial charge on any atom is -0.316 e. The van der Waals surface area contributed by atoms with Crippen molar-refractivity contribution < 1.29 is 0 Å². The lowest BCUT2D eigenvalue weighted by molar-refractivity contribution is 0.763. The largest absolute Gasteiger partial charge is 0.316 e. The maximum absolute atomic E-state index is 4.79. The molecule has 1 nitrogen and oxygen atoms in total. The Bertz CT molecular complexity index is 2270. The maximum atomic E-state index is 4.79. The van der Waals surface area contributed by atoms with Crippen LogP contribution < -0.4 is 4.90 Å². The smallest absolute Gasteiger partial charge is 0.0646 e. The van der Waals surface area contributed by atoms with Crippen molar-refractivity contribution in [1.82, 2.24) is 0 Å². The number of anilines is 2. The second-order valence-corrected chi connectivity index (χ2v) is 13.6. The summed E-state index contributed by atoms with van der Waals surface area (Å²) in [6, 6.07) is 43.1. The van der Waals surface area contributed by atoms with Crippen LogP contribution in [0.25, 0.3) is 27.8 Å². The number of fused-ring (bicyclic) bond motifs is 1. The summed E-state index contributed by atoms with van der Waals surface area (Å²) in [6.45, 7) is 13.1. The van der Waals surface area contributed by atoms with E-state index in [1.54, 1.807) is 23.2 Å². The molecule has 3 heteroatoms. The number of nitrogens with zero attached hydrogens (tertiary/aromatic N) is 1. The van der Waals surface area contributed by atoms with E-state index in [2.05, 4.69) is 189 Å².